The molecule has 0 spiro atoms. The lowest BCUT2D eigenvalue weighted by Gasteiger charge is -2.14. The molecule has 1 fully saturated rings. The van der Waals surface area contributed by atoms with Crippen molar-refractivity contribution in [3.8, 4) is 5.75 Å². The van der Waals surface area contributed by atoms with Gasteiger partial charge in [-0.15, -0.1) is 0 Å². The number of hydrogen-bond acceptors (Lipinski definition) is 3. The third kappa shape index (κ3) is 3.33. The average molecular weight is 387 g/mol. The highest BCUT2D eigenvalue weighted by Gasteiger charge is 2.34. The first-order chi connectivity index (χ1) is 11.6. The number of anilines is 1. The third-order valence-electron chi connectivity index (χ3n) is 3.48. The predicted octanol–water partition coefficient (Wildman–Crippen LogP) is 3.31. The van der Waals surface area contributed by atoms with E-state index in [0.29, 0.717) is 12.3 Å². The second-order valence-corrected chi connectivity index (χ2v) is 6.03. The maximum absolute atomic E-state index is 12.5. The molecule has 0 bridgehead atoms. The average Bonchev–Trinajstić information content (AvgIpc) is 2.86. The van der Waals surface area contributed by atoms with Gasteiger partial charge in [-0.25, -0.2) is 5.01 Å². The Hall–Kier alpha value is -2.60. The fourth-order valence-electron chi connectivity index (χ4n) is 2.32. The first-order valence-corrected chi connectivity index (χ1v) is 8.23. The van der Waals surface area contributed by atoms with Crippen molar-refractivity contribution < 1.29 is 14.3 Å². The quantitative estimate of drug-likeness (QED) is 0.647. The van der Waals surface area contributed by atoms with Gasteiger partial charge >= 0.3 is 0 Å². The normalized spacial score (nSPS) is 15.8. The van der Waals surface area contributed by atoms with Crippen molar-refractivity contribution in [1.29, 1.82) is 0 Å². The molecule has 3 rings (SSSR count). The van der Waals surface area contributed by atoms with Gasteiger partial charge in [-0.1, -0.05) is 28.1 Å². The molecule has 5 nitrogen and oxygen atoms in total. The number of halogens is 1. The Bertz CT molecular complexity index is 798. The van der Waals surface area contributed by atoms with Crippen LogP contribution in [0.1, 0.15) is 12.5 Å². The van der Waals surface area contributed by atoms with Crippen LogP contribution in [0.25, 0.3) is 6.08 Å². The molecule has 1 aliphatic heterocycles. The van der Waals surface area contributed by atoms with Crippen molar-refractivity contribution in [3.63, 3.8) is 0 Å². The molecule has 6 heteroatoms. The minimum absolute atomic E-state index is 0.0991. The van der Waals surface area contributed by atoms with Gasteiger partial charge in [0.1, 0.15) is 11.3 Å². The molecular weight excluding hydrogens is 372 g/mol. The molecule has 0 atom stereocenters. The van der Waals surface area contributed by atoms with Crippen LogP contribution in [0.5, 0.6) is 5.75 Å². The molecule has 1 saturated heterocycles. The van der Waals surface area contributed by atoms with Crippen LogP contribution >= 0.6 is 15.9 Å². The number of rotatable bonds is 4. The smallest absolute Gasteiger partial charge is 0.282 e. The molecule has 2 amide bonds. The van der Waals surface area contributed by atoms with Crippen LogP contribution in [-0.4, -0.2) is 18.4 Å². The topological polar surface area (TPSA) is 58.6 Å². The summed E-state index contributed by atoms with van der Waals surface area (Å²) in [5, 5.41) is 1.25. The van der Waals surface area contributed by atoms with Gasteiger partial charge in [0.15, 0.2) is 0 Å². The van der Waals surface area contributed by atoms with E-state index in [1.165, 1.54) is 5.01 Å². The molecule has 122 valence electrons. The molecule has 0 unspecified atom stereocenters. The number of benzene rings is 2. The van der Waals surface area contributed by atoms with Crippen LogP contribution in [0.4, 0.5) is 5.69 Å². The van der Waals surface area contributed by atoms with Crippen LogP contribution in [-0.2, 0) is 9.59 Å². The number of nitrogens with one attached hydrogen (secondary N) is 1. The lowest BCUT2D eigenvalue weighted by atomic mass is 10.1. The van der Waals surface area contributed by atoms with Crippen molar-refractivity contribution in [2.45, 2.75) is 6.92 Å². The van der Waals surface area contributed by atoms with Crippen molar-refractivity contribution in [2.24, 2.45) is 0 Å². The lowest BCUT2D eigenvalue weighted by molar-refractivity contribution is -0.117. The van der Waals surface area contributed by atoms with Crippen LogP contribution in [0.3, 0.4) is 0 Å². The van der Waals surface area contributed by atoms with Gasteiger partial charge in [-0.3, -0.25) is 15.0 Å². The molecule has 24 heavy (non-hydrogen) atoms. The van der Waals surface area contributed by atoms with E-state index in [0.717, 1.165) is 15.8 Å². The molecule has 1 N–H and O–H groups in total. The largest absolute Gasteiger partial charge is 0.494 e. The monoisotopic (exact) mass is 386 g/mol. The highest BCUT2D eigenvalue weighted by molar-refractivity contribution is 9.10. The molecule has 2 aromatic rings. The number of nitrogens with zero attached hydrogens (tertiary/aromatic N) is 1. The number of ether oxygens (including phenoxy) is 1. The van der Waals surface area contributed by atoms with E-state index in [9.17, 15) is 9.59 Å². The molecule has 1 heterocycles. The lowest BCUT2D eigenvalue weighted by Crippen LogP contribution is -2.35. The second-order valence-electron chi connectivity index (χ2n) is 5.12. The predicted molar refractivity (Wildman–Crippen MR) is 95.4 cm³/mol. The van der Waals surface area contributed by atoms with Crippen LogP contribution in [0, 0.1) is 0 Å². The first-order valence-electron chi connectivity index (χ1n) is 7.44. The summed E-state index contributed by atoms with van der Waals surface area (Å²) in [6.07, 6.45) is 1.58. The van der Waals surface area contributed by atoms with Crippen LogP contribution in [0.2, 0.25) is 0 Å². The number of carbonyl (C=O) groups excluding carboxylic acids is 2. The van der Waals surface area contributed by atoms with Crippen molar-refractivity contribution in [2.75, 3.05) is 11.6 Å². The zero-order chi connectivity index (χ0) is 17.1. The number of amides is 2. The van der Waals surface area contributed by atoms with E-state index in [1.807, 2.05) is 19.1 Å². The number of carbonyl (C=O) groups is 2. The summed E-state index contributed by atoms with van der Waals surface area (Å²) in [6.45, 7) is 2.50. The molecule has 0 saturated carbocycles. The summed E-state index contributed by atoms with van der Waals surface area (Å²) in [4.78, 5) is 24.6. The summed E-state index contributed by atoms with van der Waals surface area (Å²) >= 11 is 3.34. The minimum atomic E-state index is -0.420. The standard InChI is InChI=1S/C18H15BrN2O3/c1-2-24-15-9-3-12(4-10-15)11-16-17(22)20-21(18(16)23)14-7-5-13(19)6-8-14/h3-11H,2H2,1H3,(H,20,22)/b16-11-. The van der Waals surface area contributed by atoms with Crippen LogP contribution < -0.4 is 15.2 Å². The Labute approximate surface area is 148 Å². The Morgan fingerprint density at radius 1 is 1.08 bits per heavy atom. The molecule has 0 radical (unpaired) electrons. The van der Waals surface area contributed by atoms with E-state index in [4.69, 9.17) is 4.74 Å². The number of hydrazine groups is 1. The minimum Gasteiger partial charge on any atom is -0.494 e. The summed E-state index contributed by atoms with van der Waals surface area (Å²) < 4.78 is 6.28. The Morgan fingerprint density at radius 2 is 1.75 bits per heavy atom. The van der Waals surface area contributed by atoms with Crippen LogP contribution in [0.15, 0.2) is 58.6 Å². The molecular formula is C18H15BrN2O3. The highest BCUT2D eigenvalue weighted by Crippen LogP contribution is 2.23. The first kappa shape index (κ1) is 16.3. The highest BCUT2D eigenvalue weighted by atomic mass is 79.9. The van der Waals surface area contributed by atoms with Gasteiger partial charge in [0.05, 0.1) is 12.3 Å². The van der Waals surface area contributed by atoms with Gasteiger partial charge in [0.2, 0.25) is 0 Å². The molecule has 1 aliphatic rings. The van der Waals surface area contributed by atoms with E-state index in [2.05, 4.69) is 21.4 Å². The van der Waals surface area contributed by atoms with Gasteiger partial charge in [-0.05, 0) is 55.0 Å². The summed E-state index contributed by atoms with van der Waals surface area (Å²) in [5.74, 6) is -0.0497. The fourth-order valence-corrected chi connectivity index (χ4v) is 2.59. The fraction of sp³-hybridized carbons (Fsp3) is 0.111. The number of hydrogen-bond donors (Lipinski definition) is 1. The van der Waals surface area contributed by atoms with Gasteiger partial charge < -0.3 is 4.74 Å². The van der Waals surface area contributed by atoms with E-state index in [-0.39, 0.29) is 11.5 Å². The second kappa shape index (κ2) is 6.88. The molecule has 2 aromatic carbocycles. The Kier molecular flexibility index (Phi) is 4.66. The van der Waals surface area contributed by atoms with E-state index in [1.54, 1.807) is 42.5 Å². The molecule has 0 aromatic heterocycles. The zero-order valence-electron chi connectivity index (χ0n) is 13.0. The van der Waals surface area contributed by atoms with Gasteiger partial charge in [0.25, 0.3) is 11.8 Å². The Morgan fingerprint density at radius 3 is 2.38 bits per heavy atom. The maximum atomic E-state index is 12.5. The summed E-state index contributed by atoms with van der Waals surface area (Å²) in [6, 6.07) is 14.3. The summed E-state index contributed by atoms with van der Waals surface area (Å²) in [5.41, 5.74) is 4.04. The summed E-state index contributed by atoms with van der Waals surface area (Å²) in [7, 11) is 0. The molecule has 0 aliphatic carbocycles. The zero-order valence-corrected chi connectivity index (χ0v) is 14.5. The third-order valence-corrected chi connectivity index (χ3v) is 4.01. The van der Waals surface area contributed by atoms with Crippen molar-refractivity contribution >= 4 is 39.5 Å². The maximum Gasteiger partial charge on any atom is 0.282 e. The van der Waals surface area contributed by atoms with E-state index >= 15 is 0 Å². The SMILES string of the molecule is CCOc1ccc(/C=C2/C(=O)NN(c3ccc(Br)cc3)C2=O)cc1. The van der Waals surface area contributed by atoms with Crippen molar-refractivity contribution in [1.82, 2.24) is 5.43 Å². The van der Waals surface area contributed by atoms with Crippen molar-refractivity contribution in [3.05, 3.63) is 64.1 Å². The van der Waals surface area contributed by atoms with Gasteiger partial charge in [0, 0.05) is 4.47 Å². The Balaban J connectivity index is 1.84. The van der Waals surface area contributed by atoms with E-state index < -0.39 is 5.91 Å². The van der Waals surface area contributed by atoms with Gasteiger partial charge in [-0.2, -0.15) is 0 Å².